The van der Waals surface area contributed by atoms with Gasteiger partial charge in [0.15, 0.2) is 4.77 Å². The van der Waals surface area contributed by atoms with E-state index in [0.717, 1.165) is 25.7 Å². The second-order valence-corrected chi connectivity index (χ2v) is 9.52. The molecule has 0 aromatic carbocycles. The predicted molar refractivity (Wildman–Crippen MR) is 116 cm³/mol. The van der Waals surface area contributed by atoms with E-state index >= 15 is 0 Å². The lowest BCUT2D eigenvalue weighted by Crippen LogP contribution is -2.62. The number of hydrogen-bond acceptors (Lipinski definition) is 6. The minimum Gasteiger partial charge on any atom is -0.494 e. The molecule has 1 aliphatic heterocycles. The largest absolute Gasteiger partial charge is 0.494 e. The molecule has 2 heterocycles. The Bertz CT molecular complexity index is 1070. The summed E-state index contributed by atoms with van der Waals surface area (Å²) in [6.07, 6.45) is 5.82. The first-order valence-electron chi connectivity index (χ1n) is 10.7. The highest BCUT2D eigenvalue weighted by molar-refractivity contribution is 7.71. The molecule has 11 heteroatoms. The number of aromatic hydroxyl groups is 1. The zero-order valence-corrected chi connectivity index (χ0v) is 18.3. The molecule has 2 spiro atoms. The fraction of sp³-hybridized carbons (Fsp3) is 0.650. The summed E-state index contributed by atoms with van der Waals surface area (Å²) in [5.74, 6) is -1.08. The fourth-order valence-corrected chi connectivity index (χ4v) is 5.98. The van der Waals surface area contributed by atoms with Crippen LogP contribution in [-0.4, -0.2) is 37.6 Å². The van der Waals surface area contributed by atoms with Crippen LogP contribution in [0.1, 0.15) is 69.9 Å². The molecule has 3 fully saturated rings. The van der Waals surface area contributed by atoms with E-state index in [9.17, 15) is 19.5 Å². The van der Waals surface area contributed by atoms with Gasteiger partial charge in [0.25, 0.3) is 11.5 Å². The van der Waals surface area contributed by atoms with Gasteiger partial charge in [-0.3, -0.25) is 29.4 Å². The minimum absolute atomic E-state index is 0.0325. The van der Waals surface area contributed by atoms with Crippen LogP contribution in [0.15, 0.2) is 4.79 Å². The van der Waals surface area contributed by atoms with Gasteiger partial charge in [-0.1, -0.05) is 13.3 Å². The summed E-state index contributed by atoms with van der Waals surface area (Å²) in [6, 6.07) is -0.603. The summed E-state index contributed by atoms with van der Waals surface area (Å²) in [5.41, 5.74) is 4.06. The van der Waals surface area contributed by atoms with Gasteiger partial charge in [-0.2, -0.15) is 0 Å². The van der Waals surface area contributed by atoms with Crippen molar-refractivity contribution in [3.63, 3.8) is 0 Å². The third-order valence-electron chi connectivity index (χ3n) is 7.10. The van der Waals surface area contributed by atoms with Crippen molar-refractivity contribution in [1.82, 2.24) is 19.8 Å². The number of aromatic nitrogens is 2. The molecule has 31 heavy (non-hydrogen) atoms. The summed E-state index contributed by atoms with van der Waals surface area (Å²) in [5, 5.41) is 23.4. The molecule has 3 aliphatic rings. The molecule has 2 aliphatic carbocycles. The van der Waals surface area contributed by atoms with Crippen molar-refractivity contribution in [2.24, 2.45) is 11.1 Å². The third kappa shape index (κ3) is 3.35. The number of amides is 3. The maximum atomic E-state index is 13.1. The van der Waals surface area contributed by atoms with Crippen molar-refractivity contribution in [1.29, 1.82) is 5.41 Å². The first kappa shape index (κ1) is 21.5. The summed E-state index contributed by atoms with van der Waals surface area (Å²) < 4.78 is 3.25. The molecule has 6 N–H and O–H groups in total. The molecule has 0 radical (unpaired) electrons. The number of imide groups is 1. The maximum Gasteiger partial charge on any atom is 0.322 e. The van der Waals surface area contributed by atoms with E-state index in [-0.39, 0.29) is 33.6 Å². The zero-order chi connectivity index (χ0) is 22.6. The maximum absolute atomic E-state index is 13.1. The van der Waals surface area contributed by atoms with Gasteiger partial charge in [0.1, 0.15) is 16.9 Å². The van der Waals surface area contributed by atoms with Gasteiger partial charge in [-0.05, 0) is 62.6 Å². The Morgan fingerprint density at radius 2 is 1.94 bits per heavy atom. The standard InChI is InChI=1S/C20H28N6O4S/c1-2-3-8-25-14(27)12(13(21)22)15(28)26(18(25)31)11-4-6-19(7-5-11)9-20(10-19)16(29)23-17(30)24-20/h11,27H,2-10H2,1H3,(H3,21,22)(H2,23,24,29,30). The summed E-state index contributed by atoms with van der Waals surface area (Å²) in [6.45, 7) is 2.46. The van der Waals surface area contributed by atoms with Crippen LogP contribution >= 0.6 is 12.2 Å². The molecule has 0 atom stereocenters. The zero-order valence-electron chi connectivity index (χ0n) is 17.5. The smallest absolute Gasteiger partial charge is 0.322 e. The topological polar surface area (TPSA) is 155 Å². The molecular formula is C20H28N6O4S. The third-order valence-corrected chi connectivity index (χ3v) is 7.52. The Hall–Kier alpha value is -2.69. The van der Waals surface area contributed by atoms with E-state index in [2.05, 4.69) is 10.6 Å². The van der Waals surface area contributed by atoms with Crippen molar-refractivity contribution >= 4 is 30.0 Å². The number of rotatable bonds is 5. The molecule has 1 saturated heterocycles. The Kier molecular flexibility index (Phi) is 5.19. The Labute approximate surface area is 184 Å². The second-order valence-electron chi connectivity index (χ2n) is 9.15. The van der Waals surface area contributed by atoms with Crippen LogP contribution < -0.4 is 21.9 Å². The number of unbranched alkanes of at least 4 members (excludes halogenated alkanes) is 1. The van der Waals surface area contributed by atoms with Crippen LogP contribution in [0.2, 0.25) is 0 Å². The lowest BCUT2D eigenvalue weighted by Gasteiger charge is -2.55. The van der Waals surface area contributed by atoms with E-state index in [1.54, 1.807) is 0 Å². The number of nitrogens with two attached hydrogens (primary N) is 1. The highest BCUT2D eigenvalue weighted by atomic mass is 32.1. The lowest BCUT2D eigenvalue weighted by molar-refractivity contribution is -0.135. The van der Waals surface area contributed by atoms with Gasteiger partial charge in [0, 0.05) is 12.6 Å². The molecule has 2 saturated carbocycles. The van der Waals surface area contributed by atoms with Gasteiger partial charge in [-0.15, -0.1) is 0 Å². The Morgan fingerprint density at radius 1 is 1.29 bits per heavy atom. The molecule has 1 aromatic heterocycles. The van der Waals surface area contributed by atoms with E-state index in [4.69, 9.17) is 23.4 Å². The molecule has 4 rings (SSSR count). The molecule has 168 valence electrons. The van der Waals surface area contributed by atoms with Crippen molar-refractivity contribution in [3.05, 3.63) is 20.7 Å². The van der Waals surface area contributed by atoms with Crippen LogP contribution in [0.3, 0.4) is 0 Å². The van der Waals surface area contributed by atoms with Crippen molar-refractivity contribution < 1.29 is 14.7 Å². The van der Waals surface area contributed by atoms with Crippen LogP contribution in [0.4, 0.5) is 4.79 Å². The Morgan fingerprint density at radius 3 is 2.45 bits per heavy atom. The summed E-state index contributed by atoms with van der Waals surface area (Å²) >= 11 is 5.57. The molecule has 1 aromatic rings. The highest BCUT2D eigenvalue weighted by Crippen LogP contribution is 2.58. The minimum atomic E-state index is -0.784. The SMILES string of the molecule is CCCCn1c(O)c(C(=N)N)c(=O)n(C2CCC3(CC2)CC2(C3)NC(=O)NC2=O)c1=S. The number of carbonyl (C=O) groups is 2. The predicted octanol–water partition coefficient (Wildman–Crippen LogP) is 1.64. The average Bonchev–Trinajstić information content (AvgIpc) is 2.96. The number of carbonyl (C=O) groups excluding carboxylic acids is 2. The van der Waals surface area contributed by atoms with Gasteiger partial charge >= 0.3 is 6.03 Å². The van der Waals surface area contributed by atoms with Crippen molar-refractivity contribution in [2.75, 3.05) is 0 Å². The highest BCUT2D eigenvalue weighted by Gasteiger charge is 2.62. The molecule has 0 unspecified atom stereocenters. The lowest BCUT2D eigenvalue weighted by atomic mass is 9.51. The number of hydrogen-bond donors (Lipinski definition) is 5. The number of urea groups is 1. The number of amidine groups is 1. The number of nitrogen functional groups attached to an aromatic ring is 1. The number of nitrogens with zero attached hydrogens (tertiary/aromatic N) is 2. The fourth-order valence-electron chi connectivity index (χ4n) is 5.57. The number of nitrogens with one attached hydrogen (secondary N) is 3. The second kappa shape index (κ2) is 7.47. The Balaban J connectivity index is 1.59. The summed E-state index contributed by atoms with van der Waals surface area (Å²) in [4.78, 5) is 36.8. The molecule has 10 nitrogen and oxygen atoms in total. The van der Waals surface area contributed by atoms with Crippen LogP contribution in [0, 0.1) is 15.6 Å². The van der Waals surface area contributed by atoms with E-state index in [1.807, 2.05) is 6.92 Å². The van der Waals surface area contributed by atoms with Gasteiger partial charge in [0.05, 0.1) is 0 Å². The van der Waals surface area contributed by atoms with Crippen LogP contribution in [-0.2, 0) is 11.3 Å². The van der Waals surface area contributed by atoms with Crippen molar-refractivity contribution in [3.8, 4) is 5.88 Å². The average molecular weight is 449 g/mol. The van der Waals surface area contributed by atoms with Crippen molar-refractivity contribution in [2.45, 2.75) is 76.4 Å². The van der Waals surface area contributed by atoms with E-state index < -0.39 is 23.0 Å². The van der Waals surface area contributed by atoms with Gasteiger partial charge in [-0.25, -0.2) is 4.79 Å². The van der Waals surface area contributed by atoms with Gasteiger partial charge < -0.3 is 16.2 Å². The molecule has 0 bridgehead atoms. The van der Waals surface area contributed by atoms with E-state index in [0.29, 0.717) is 32.2 Å². The van der Waals surface area contributed by atoms with Gasteiger partial charge in [0.2, 0.25) is 5.88 Å². The van der Waals surface area contributed by atoms with E-state index in [1.165, 1.54) is 9.13 Å². The normalized spacial score (nSPS) is 29.6. The summed E-state index contributed by atoms with van der Waals surface area (Å²) in [7, 11) is 0. The molecule has 3 amide bonds. The first-order valence-corrected chi connectivity index (χ1v) is 11.1. The first-order chi connectivity index (χ1) is 14.6. The molecular weight excluding hydrogens is 420 g/mol. The monoisotopic (exact) mass is 448 g/mol. The van der Waals surface area contributed by atoms with Crippen LogP contribution in [0.25, 0.3) is 0 Å². The van der Waals surface area contributed by atoms with Crippen LogP contribution in [0.5, 0.6) is 5.88 Å². The quantitative estimate of drug-likeness (QED) is 0.200.